The summed E-state index contributed by atoms with van der Waals surface area (Å²) in [5.74, 6) is -1.14. The van der Waals surface area contributed by atoms with Crippen molar-refractivity contribution in [2.24, 2.45) is 0 Å². The summed E-state index contributed by atoms with van der Waals surface area (Å²) < 4.78 is 2.52. The second kappa shape index (κ2) is 7.56. The van der Waals surface area contributed by atoms with Crippen LogP contribution in [0.25, 0.3) is 0 Å². The SMILES string of the molecule is Cc1ccc(NC(=O)c2cnn3c2NC(C(=O)O)=C[C@H]3c2ccc(Br)cc2)cc1. The molecule has 0 bridgehead atoms. The summed E-state index contributed by atoms with van der Waals surface area (Å²) in [4.78, 5) is 24.5. The molecule has 8 heteroatoms. The number of hydrogen-bond acceptors (Lipinski definition) is 4. The Hall–Kier alpha value is -3.39. The zero-order valence-corrected chi connectivity index (χ0v) is 17.0. The number of fused-ring (bicyclic) bond motifs is 1. The Bertz CT molecular complexity index is 1120. The first kappa shape index (κ1) is 18.9. The van der Waals surface area contributed by atoms with E-state index in [1.54, 1.807) is 10.8 Å². The van der Waals surface area contributed by atoms with Crippen LogP contribution in [-0.2, 0) is 4.79 Å². The third kappa shape index (κ3) is 3.79. The quantitative estimate of drug-likeness (QED) is 0.551. The maximum atomic E-state index is 12.8. The van der Waals surface area contributed by atoms with Gasteiger partial charge in [-0.25, -0.2) is 9.48 Å². The highest BCUT2D eigenvalue weighted by Crippen LogP contribution is 2.33. The summed E-state index contributed by atoms with van der Waals surface area (Å²) in [6.07, 6.45) is 3.02. The van der Waals surface area contributed by atoms with Gasteiger partial charge in [0.05, 0.1) is 12.2 Å². The largest absolute Gasteiger partial charge is 0.477 e. The Morgan fingerprint density at radius 3 is 2.48 bits per heavy atom. The van der Waals surface area contributed by atoms with Crippen molar-refractivity contribution < 1.29 is 14.7 Å². The van der Waals surface area contributed by atoms with Gasteiger partial charge < -0.3 is 15.7 Å². The first-order valence-electron chi connectivity index (χ1n) is 8.85. The summed E-state index contributed by atoms with van der Waals surface area (Å²) in [6.45, 7) is 1.96. The molecule has 146 valence electrons. The van der Waals surface area contributed by atoms with Crippen LogP contribution >= 0.6 is 15.9 Å². The van der Waals surface area contributed by atoms with Crippen LogP contribution in [-0.4, -0.2) is 26.8 Å². The van der Waals surface area contributed by atoms with E-state index < -0.39 is 12.0 Å². The number of benzene rings is 2. The lowest BCUT2D eigenvalue weighted by atomic mass is 10.0. The molecule has 4 rings (SSSR count). The van der Waals surface area contributed by atoms with Crippen LogP contribution in [0, 0.1) is 6.92 Å². The number of aliphatic carboxylic acids is 1. The number of carbonyl (C=O) groups excluding carboxylic acids is 1. The van der Waals surface area contributed by atoms with Crippen LogP contribution in [0.15, 0.2) is 71.0 Å². The maximum absolute atomic E-state index is 12.8. The average molecular weight is 453 g/mol. The van der Waals surface area contributed by atoms with Gasteiger partial charge in [0.25, 0.3) is 5.91 Å². The monoisotopic (exact) mass is 452 g/mol. The molecule has 1 amide bonds. The summed E-state index contributed by atoms with van der Waals surface area (Å²) in [5.41, 5.74) is 2.84. The Kier molecular flexibility index (Phi) is 4.94. The van der Waals surface area contributed by atoms with Gasteiger partial charge in [-0.2, -0.15) is 5.10 Å². The Morgan fingerprint density at radius 2 is 1.83 bits per heavy atom. The van der Waals surface area contributed by atoms with E-state index in [9.17, 15) is 14.7 Å². The van der Waals surface area contributed by atoms with Crippen LogP contribution < -0.4 is 10.6 Å². The van der Waals surface area contributed by atoms with Crippen molar-refractivity contribution in [3.63, 3.8) is 0 Å². The van der Waals surface area contributed by atoms with Gasteiger partial charge in [0.15, 0.2) is 0 Å². The summed E-state index contributed by atoms with van der Waals surface area (Å²) in [6, 6.07) is 14.5. The number of nitrogens with zero attached hydrogens (tertiary/aromatic N) is 2. The van der Waals surface area contributed by atoms with Gasteiger partial charge in [0, 0.05) is 10.2 Å². The Balaban J connectivity index is 1.70. The molecular formula is C21H17BrN4O3. The lowest BCUT2D eigenvalue weighted by molar-refractivity contribution is -0.132. The van der Waals surface area contributed by atoms with Crippen LogP contribution in [0.5, 0.6) is 0 Å². The molecule has 0 fully saturated rings. The van der Waals surface area contributed by atoms with Crippen molar-refractivity contribution in [3.05, 3.63) is 87.7 Å². The van der Waals surface area contributed by atoms with Crippen LogP contribution in [0.1, 0.15) is 27.5 Å². The molecule has 0 aliphatic carbocycles. The van der Waals surface area contributed by atoms with Gasteiger partial charge in [-0.1, -0.05) is 45.8 Å². The molecular weight excluding hydrogens is 436 g/mol. The van der Waals surface area contributed by atoms with E-state index in [4.69, 9.17) is 0 Å². The molecule has 2 heterocycles. The second-order valence-electron chi connectivity index (χ2n) is 6.68. The minimum absolute atomic E-state index is 0.00435. The fraction of sp³-hybridized carbons (Fsp3) is 0.0952. The number of carbonyl (C=O) groups is 2. The van der Waals surface area contributed by atoms with E-state index >= 15 is 0 Å². The number of carboxylic acid groups (broad SMARTS) is 1. The molecule has 7 nitrogen and oxygen atoms in total. The molecule has 1 aromatic heterocycles. The lowest BCUT2D eigenvalue weighted by Gasteiger charge is -2.24. The fourth-order valence-electron chi connectivity index (χ4n) is 3.12. The van der Waals surface area contributed by atoms with Crippen molar-refractivity contribution >= 4 is 39.3 Å². The molecule has 0 spiro atoms. The number of aryl methyl sites for hydroxylation is 1. The van der Waals surface area contributed by atoms with Gasteiger partial charge in [-0.15, -0.1) is 0 Å². The highest BCUT2D eigenvalue weighted by Gasteiger charge is 2.29. The number of rotatable bonds is 4. The van der Waals surface area contributed by atoms with Gasteiger partial charge in [0.2, 0.25) is 0 Å². The highest BCUT2D eigenvalue weighted by atomic mass is 79.9. The van der Waals surface area contributed by atoms with E-state index in [0.717, 1.165) is 15.6 Å². The molecule has 1 aliphatic heterocycles. The normalized spacial score (nSPS) is 15.1. The van der Waals surface area contributed by atoms with E-state index in [-0.39, 0.29) is 17.2 Å². The smallest absolute Gasteiger partial charge is 0.352 e. The Labute approximate surface area is 175 Å². The van der Waals surface area contributed by atoms with Crippen molar-refractivity contribution in [1.29, 1.82) is 0 Å². The fourth-order valence-corrected chi connectivity index (χ4v) is 3.38. The molecule has 0 radical (unpaired) electrons. The molecule has 0 saturated heterocycles. The molecule has 2 aromatic carbocycles. The lowest BCUT2D eigenvalue weighted by Crippen LogP contribution is -2.25. The molecule has 3 N–H and O–H groups in total. The number of allylic oxidation sites excluding steroid dienone is 1. The number of hydrogen-bond donors (Lipinski definition) is 3. The molecule has 1 aliphatic rings. The predicted octanol–water partition coefficient (Wildman–Crippen LogP) is 4.19. The number of nitrogens with one attached hydrogen (secondary N) is 2. The number of carboxylic acids is 1. The van der Waals surface area contributed by atoms with E-state index in [1.165, 1.54) is 6.20 Å². The zero-order valence-electron chi connectivity index (χ0n) is 15.4. The minimum atomic E-state index is -1.11. The second-order valence-corrected chi connectivity index (χ2v) is 7.59. The molecule has 29 heavy (non-hydrogen) atoms. The summed E-state index contributed by atoms with van der Waals surface area (Å²) in [7, 11) is 0. The van der Waals surface area contributed by atoms with Gasteiger partial charge >= 0.3 is 5.97 Å². The van der Waals surface area contributed by atoms with E-state index in [1.807, 2.05) is 55.5 Å². The van der Waals surface area contributed by atoms with Gasteiger partial charge in [-0.3, -0.25) is 4.79 Å². The summed E-state index contributed by atoms with van der Waals surface area (Å²) >= 11 is 3.40. The predicted molar refractivity (Wildman–Crippen MR) is 113 cm³/mol. The molecule has 0 unspecified atom stereocenters. The number of halogens is 1. The molecule has 3 aromatic rings. The van der Waals surface area contributed by atoms with Crippen molar-refractivity contribution in [3.8, 4) is 0 Å². The number of anilines is 2. The number of amides is 1. The number of aromatic nitrogens is 2. The van der Waals surface area contributed by atoms with E-state index in [2.05, 4.69) is 31.7 Å². The first-order chi connectivity index (χ1) is 13.9. The summed E-state index contributed by atoms with van der Waals surface area (Å²) in [5, 5.41) is 19.5. The minimum Gasteiger partial charge on any atom is -0.477 e. The molecule has 1 atom stereocenters. The third-order valence-electron chi connectivity index (χ3n) is 4.63. The average Bonchev–Trinajstić information content (AvgIpc) is 3.14. The highest BCUT2D eigenvalue weighted by molar-refractivity contribution is 9.10. The van der Waals surface area contributed by atoms with Crippen LogP contribution in [0.3, 0.4) is 0 Å². The van der Waals surface area contributed by atoms with Gasteiger partial charge in [0.1, 0.15) is 17.1 Å². The topological polar surface area (TPSA) is 96.3 Å². The first-order valence-corrected chi connectivity index (χ1v) is 9.65. The van der Waals surface area contributed by atoms with E-state index in [0.29, 0.717) is 11.5 Å². The van der Waals surface area contributed by atoms with Gasteiger partial charge in [-0.05, 0) is 42.8 Å². The van der Waals surface area contributed by atoms with Crippen LogP contribution in [0.2, 0.25) is 0 Å². The van der Waals surface area contributed by atoms with Crippen LogP contribution in [0.4, 0.5) is 11.5 Å². The third-order valence-corrected chi connectivity index (χ3v) is 5.16. The zero-order chi connectivity index (χ0) is 20.5. The standard InChI is InChI=1S/C21H17BrN4O3/c1-12-2-8-15(9-3-12)24-20(27)16-11-23-26-18(13-4-6-14(22)7-5-13)10-17(21(28)29)25-19(16)26/h2-11,18,25H,1H3,(H,24,27)(H,28,29)/t18-/m0/s1. The Morgan fingerprint density at radius 1 is 1.14 bits per heavy atom. The molecule has 0 saturated carbocycles. The van der Waals surface area contributed by atoms with Crippen molar-refractivity contribution in [2.75, 3.05) is 10.6 Å². The van der Waals surface area contributed by atoms with Crippen molar-refractivity contribution in [2.45, 2.75) is 13.0 Å². The maximum Gasteiger partial charge on any atom is 0.352 e. The van der Waals surface area contributed by atoms with Crippen molar-refractivity contribution in [1.82, 2.24) is 9.78 Å².